The van der Waals surface area contributed by atoms with Gasteiger partial charge in [-0.05, 0) is 60.2 Å². The quantitative estimate of drug-likeness (QED) is 0.218. The first-order valence-corrected chi connectivity index (χ1v) is 12.1. The van der Waals surface area contributed by atoms with Crippen LogP contribution in [0.1, 0.15) is 21.8 Å². The maximum absolute atomic E-state index is 13.0. The van der Waals surface area contributed by atoms with Crippen LogP contribution in [0.25, 0.3) is 0 Å². The molecular weight excluding hydrogens is 556 g/mol. The van der Waals surface area contributed by atoms with Crippen LogP contribution in [0.2, 0.25) is 15.1 Å². The summed E-state index contributed by atoms with van der Waals surface area (Å²) in [5, 5.41) is 6.49. The molecule has 182 valence electrons. The highest BCUT2D eigenvalue weighted by Crippen LogP contribution is 2.65. The summed E-state index contributed by atoms with van der Waals surface area (Å²) in [6, 6.07) is 14.3. The third-order valence-electron chi connectivity index (χ3n) is 5.55. The summed E-state index contributed by atoms with van der Waals surface area (Å²) in [5.41, 5.74) is 7.86. The number of hydrogen-bond acceptors (Lipinski definition) is 4. The molecule has 0 radical (unpaired) electrons. The maximum Gasteiger partial charge on any atom is 0.257 e. The lowest BCUT2D eigenvalue weighted by Gasteiger charge is -2.11. The number of alkyl halides is 2. The number of nitrogen functional groups attached to an aromatic ring is 1. The molecule has 2 amide bonds. The van der Waals surface area contributed by atoms with Gasteiger partial charge < -0.3 is 21.1 Å². The molecule has 0 bridgehead atoms. The summed E-state index contributed by atoms with van der Waals surface area (Å²) in [6.07, 6.45) is 0. The van der Waals surface area contributed by atoms with Crippen molar-refractivity contribution >= 4 is 86.9 Å². The Morgan fingerprint density at radius 3 is 2.17 bits per heavy atom. The highest BCUT2D eigenvalue weighted by Gasteiger charge is 2.67. The molecule has 4 N–H and O–H groups in total. The first kappa shape index (κ1) is 25.7. The third kappa shape index (κ3) is 5.42. The lowest BCUT2D eigenvalue weighted by molar-refractivity contribution is -0.117. The van der Waals surface area contributed by atoms with Crippen molar-refractivity contribution in [1.82, 2.24) is 0 Å². The summed E-state index contributed by atoms with van der Waals surface area (Å²) in [4.78, 5) is 25.8. The largest absolute Gasteiger partial charge is 0.495 e. The summed E-state index contributed by atoms with van der Waals surface area (Å²) >= 11 is 31.2. The zero-order valence-corrected chi connectivity index (χ0v) is 21.8. The number of carbonyl (C=O) groups is 2. The predicted octanol–water partition coefficient (Wildman–Crippen LogP) is 7.02. The van der Waals surface area contributed by atoms with Gasteiger partial charge in [0.05, 0.1) is 29.3 Å². The number of nitrogens with two attached hydrogens (primary N) is 1. The summed E-state index contributed by atoms with van der Waals surface area (Å²) in [5.74, 6) is -1.68. The minimum atomic E-state index is -1.33. The number of benzene rings is 3. The van der Waals surface area contributed by atoms with Gasteiger partial charge in [-0.2, -0.15) is 0 Å². The van der Waals surface area contributed by atoms with Crippen LogP contribution in [-0.4, -0.2) is 23.3 Å². The number of nitrogens with one attached hydrogen (secondary N) is 2. The second-order valence-corrected chi connectivity index (χ2v) is 10.7. The predicted molar refractivity (Wildman–Crippen MR) is 143 cm³/mol. The molecule has 6 nitrogen and oxygen atoms in total. The SMILES string of the molecule is COc1ccc(NC(=O)c2cc(NC(=O)[C@H]3[C@H](c4cc(Cl)cc(Cl)c4)C3(Cl)Cl)ccc2Cl)cc1N. The molecular formula is C24H18Cl5N3O3. The normalized spacial score (nSPS) is 18.0. The van der Waals surface area contributed by atoms with E-state index in [1.807, 2.05) is 0 Å². The van der Waals surface area contributed by atoms with Gasteiger partial charge in [0, 0.05) is 27.3 Å². The maximum atomic E-state index is 13.0. The van der Waals surface area contributed by atoms with Gasteiger partial charge in [-0.3, -0.25) is 9.59 Å². The van der Waals surface area contributed by atoms with Crippen LogP contribution < -0.4 is 21.1 Å². The lowest BCUT2D eigenvalue weighted by Crippen LogP contribution is -2.18. The number of amides is 2. The van der Waals surface area contributed by atoms with Crippen LogP contribution >= 0.6 is 58.0 Å². The molecule has 2 atom stereocenters. The van der Waals surface area contributed by atoms with Crippen molar-refractivity contribution in [2.75, 3.05) is 23.5 Å². The van der Waals surface area contributed by atoms with Gasteiger partial charge in [0.25, 0.3) is 5.91 Å². The molecule has 0 saturated heterocycles. The smallest absolute Gasteiger partial charge is 0.257 e. The van der Waals surface area contributed by atoms with E-state index in [9.17, 15) is 9.59 Å². The molecule has 3 aromatic carbocycles. The Morgan fingerprint density at radius 1 is 0.914 bits per heavy atom. The van der Waals surface area contributed by atoms with E-state index >= 15 is 0 Å². The van der Waals surface area contributed by atoms with Gasteiger partial charge in [-0.25, -0.2) is 0 Å². The van der Waals surface area contributed by atoms with Crippen molar-refractivity contribution in [2.45, 2.75) is 10.3 Å². The lowest BCUT2D eigenvalue weighted by atomic mass is 10.1. The van der Waals surface area contributed by atoms with Crippen LogP contribution in [0, 0.1) is 5.92 Å². The Morgan fingerprint density at radius 2 is 1.54 bits per heavy atom. The molecule has 1 fully saturated rings. The molecule has 0 aromatic heterocycles. The van der Waals surface area contributed by atoms with Gasteiger partial charge >= 0.3 is 0 Å². The Kier molecular flexibility index (Phi) is 7.32. The Labute approximate surface area is 226 Å². The average Bonchev–Trinajstić information content (AvgIpc) is 3.36. The molecule has 0 unspecified atom stereocenters. The number of anilines is 3. The van der Waals surface area contributed by atoms with Crippen molar-refractivity contribution in [1.29, 1.82) is 0 Å². The van der Waals surface area contributed by atoms with E-state index < -0.39 is 28.0 Å². The number of halogens is 5. The average molecular weight is 574 g/mol. The van der Waals surface area contributed by atoms with E-state index in [-0.39, 0.29) is 10.6 Å². The zero-order chi connectivity index (χ0) is 25.5. The molecule has 4 rings (SSSR count). The number of hydrogen-bond donors (Lipinski definition) is 3. The third-order valence-corrected chi connectivity index (χ3v) is 7.25. The first-order valence-electron chi connectivity index (χ1n) is 10.2. The summed E-state index contributed by atoms with van der Waals surface area (Å²) in [7, 11) is 1.50. The van der Waals surface area contributed by atoms with Gasteiger partial charge in [0.15, 0.2) is 0 Å². The Hall–Kier alpha value is -2.35. The highest BCUT2D eigenvalue weighted by atomic mass is 35.5. The van der Waals surface area contributed by atoms with E-state index in [2.05, 4.69) is 10.6 Å². The molecule has 11 heteroatoms. The summed E-state index contributed by atoms with van der Waals surface area (Å²) < 4.78 is 3.78. The van der Waals surface area contributed by atoms with Crippen LogP contribution in [0.4, 0.5) is 17.1 Å². The molecule has 0 aliphatic heterocycles. The van der Waals surface area contributed by atoms with Crippen molar-refractivity contribution < 1.29 is 14.3 Å². The minimum Gasteiger partial charge on any atom is -0.495 e. The van der Waals surface area contributed by atoms with E-state index in [1.165, 1.54) is 19.2 Å². The molecule has 3 aromatic rings. The van der Waals surface area contributed by atoms with E-state index in [4.69, 9.17) is 68.5 Å². The first-order chi connectivity index (χ1) is 16.5. The summed E-state index contributed by atoms with van der Waals surface area (Å²) in [6.45, 7) is 0. The van der Waals surface area contributed by atoms with Gasteiger partial charge in [0.2, 0.25) is 5.91 Å². The molecule has 0 heterocycles. The van der Waals surface area contributed by atoms with Crippen molar-refractivity contribution in [3.8, 4) is 5.75 Å². The van der Waals surface area contributed by atoms with E-state index in [0.717, 1.165) is 0 Å². The van der Waals surface area contributed by atoms with E-state index in [0.29, 0.717) is 38.4 Å². The van der Waals surface area contributed by atoms with Crippen LogP contribution in [0.3, 0.4) is 0 Å². The Balaban J connectivity index is 1.50. The van der Waals surface area contributed by atoms with Gasteiger partial charge in [-0.15, -0.1) is 23.2 Å². The number of rotatable bonds is 6. The van der Waals surface area contributed by atoms with Crippen molar-refractivity contribution in [2.24, 2.45) is 5.92 Å². The van der Waals surface area contributed by atoms with E-state index in [1.54, 1.807) is 42.5 Å². The topological polar surface area (TPSA) is 93.5 Å². The van der Waals surface area contributed by atoms with Crippen LogP contribution in [0.5, 0.6) is 5.75 Å². The fourth-order valence-corrected chi connectivity index (χ4v) is 5.40. The Bertz CT molecular complexity index is 1310. The second kappa shape index (κ2) is 9.96. The number of ether oxygens (including phenoxy) is 1. The number of methoxy groups -OCH3 is 1. The monoisotopic (exact) mass is 571 g/mol. The molecule has 1 aliphatic rings. The van der Waals surface area contributed by atoms with Crippen LogP contribution in [0.15, 0.2) is 54.6 Å². The van der Waals surface area contributed by atoms with Crippen molar-refractivity contribution in [3.05, 3.63) is 80.8 Å². The molecule has 1 aliphatic carbocycles. The van der Waals surface area contributed by atoms with Crippen molar-refractivity contribution in [3.63, 3.8) is 0 Å². The molecule has 35 heavy (non-hydrogen) atoms. The zero-order valence-electron chi connectivity index (χ0n) is 18.0. The minimum absolute atomic E-state index is 0.149. The fraction of sp³-hybridized carbons (Fsp3) is 0.167. The highest BCUT2D eigenvalue weighted by molar-refractivity contribution is 6.53. The standard InChI is InChI=1S/C24H18Cl5N3O3/c1-35-19-5-3-15(10-18(19)30)31-22(33)16-9-14(2-4-17(16)27)32-23(34)21-20(24(21,28)29)11-6-12(25)8-13(26)7-11/h2-10,20-21H,30H2,1H3,(H,31,33)(H,32,34)/t20-,21+/m0/s1. The fourth-order valence-electron chi connectivity index (χ4n) is 3.83. The molecule has 1 saturated carbocycles. The van der Waals surface area contributed by atoms with Gasteiger partial charge in [-0.1, -0.05) is 34.8 Å². The second-order valence-electron chi connectivity index (χ2n) is 7.93. The van der Waals surface area contributed by atoms with Gasteiger partial charge in [0.1, 0.15) is 10.1 Å². The number of carbonyl (C=O) groups excluding carboxylic acids is 2. The molecule has 0 spiro atoms. The van der Waals surface area contributed by atoms with Crippen LogP contribution in [-0.2, 0) is 4.79 Å².